The zero-order valence-electron chi connectivity index (χ0n) is 12.8. The van der Waals surface area contributed by atoms with Crippen LogP contribution in [0, 0.1) is 0 Å². The molecule has 0 saturated heterocycles. The third-order valence-corrected chi connectivity index (χ3v) is 4.02. The van der Waals surface area contributed by atoms with Crippen molar-refractivity contribution in [1.82, 2.24) is 0 Å². The number of halogens is 2. The van der Waals surface area contributed by atoms with Gasteiger partial charge in [0.1, 0.15) is 5.75 Å². The van der Waals surface area contributed by atoms with E-state index in [1.54, 1.807) is 36.4 Å². The fourth-order valence-electron chi connectivity index (χ4n) is 1.99. The van der Waals surface area contributed by atoms with E-state index in [0.717, 1.165) is 4.47 Å². The molecule has 7 heteroatoms. The van der Waals surface area contributed by atoms with Crippen LogP contribution in [0.2, 0.25) is 5.02 Å². The molecular formula is C17H15BrClNO4. The van der Waals surface area contributed by atoms with E-state index < -0.39 is 11.9 Å². The Balaban J connectivity index is 1.88. The molecule has 5 nitrogen and oxygen atoms in total. The number of carbonyl (C=O) groups is 2. The molecule has 0 heterocycles. The van der Waals surface area contributed by atoms with Crippen molar-refractivity contribution in [3.05, 3.63) is 57.5 Å². The van der Waals surface area contributed by atoms with Gasteiger partial charge < -0.3 is 14.8 Å². The molecule has 0 aliphatic heterocycles. The fraction of sp³-hybridized carbons (Fsp3) is 0.176. The summed E-state index contributed by atoms with van der Waals surface area (Å²) < 4.78 is 10.9. The first-order valence-corrected chi connectivity index (χ1v) is 8.19. The van der Waals surface area contributed by atoms with Crippen molar-refractivity contribution in [2.75, 3.05) is 19.0 Å². The van der Waals surface area contributed by atoms with E-state index in [-0.39, 0.29) is 13.0 Å². The minimum absolute atomic E-state index is 0.0357. The Morgan fingerprint density at radius 1 is 1.21 bits per heavy atom. The van der Waals surface area contributed by atoms with Crippen LogP contribution >= 0.6 is 27.5 Å². The van der Waals surface area contributed by atoms with Crippen LogP contribution in [0.4, 0.5) is 5.69 Å². The first kappa shape index (κ1) is 18.3. The number of methoxy groups -OCH3 is 1. The number of carbonyl (C=O) groups excluding carboxylic acids is 2. The molecule has 0 unspecified atom stereocenters. The monoisotopic (exact) mass is 411 g/mol. The smallest absolute Gasteiger partial charge is 0.310 e. The lowest BCUT2D eigenvalue weighted by Gasteiger charge is -2.10. The quantitative estimate of drug-likeness (QED) is 0.732. The molecule has 0 spiro atoms. The van der Waals surface area contributed by atoms with Crippen molar-refractivity contribution in [1.29, 1.82) is 0 Å². The SMILES string of the molecule is COc1ccc(Cl)cc1CC(=O)OCC(=O)Nc1ccccc1Br. The molecule has 0 aliphatic carbocycles. The number of esters is 1. The van der Waals surface area contributed by atoms with E-state index >= 15 is 0 Å². The molecule has 0 atom stereocenters. The molecule has 0 saturated carbocycles. The van der Waals surface area contributed by atoms with E-state index in [2.05, 4.69) is 21.2 Å². The molecule has 1 amide bonds. The molecule has 2 rings (SSSR count). The summed E-state index contributed by atoms with van der Waals surface area (Å²) in [6, 6.07) is 12.1. The number of benzene rings is 2. The highest BCUT2D eigenvalue weighted by Crippen LogP contribution is 2.23. The summed E-state index contributed by atoms with van der Waals surface area (Å²) in [6.45, 7) is -0.372. The third-order valence-electron chi connectivity index (χ3n) is 3.09. The van der Waals surface area contributed by atoms with Crippen LogP contribution in [0.3, 0.4) is 0 Å². The van der Waals surface area contributed by atoms with Gasteiger partial charge in [0, 0.05) is 15.1 Å². The number of amides is 1. The van der Waals surface area contributed by atoms with Crippen LogP contribution in [0.5, 0.6) is 5.75 Å². The summed E-state index contributed by atoms with van der Waals surface area (Å²) in [7, 11) is 1.50. The normalized spacial score (nSPS) is 10.1. The summed E-state index contributed by atoms with van der Waals surface area (Å²) in [5.74, 6) is -0.430. The second-order valence-electron chi connectivity index (χ2n) is 4.82. The van der Waals surface area contributed by atoms with Crippen molar-refractivity contribution < 1.29 is 19.1 Å². The zero-order valence-corrected chi connectivity index (χ0v) is 15.2. The number of para-hydroxylation sites is 1. The maximum absolute atomic E-state index is 11.9. The summed E-state index contributed by atoms with van der Waals surface area (Å²) in [6.07, 6.45) is -0.0357. The van der Waals surface area contributed by atoms with Gasteiger partial charge in [-0.2, -0.15) is 0 Å². The number of nitrogens with one attached hydrogen (secondary N) is 1. The van der Waals surface area contributed by atoms with Gasteiger partial charge in [-0.05, 0) is 46.3 Å². The van der Waals surface area contributed by atoms with Gasteiger partial charge in [0.25, 0.3) is 5.91 Å². The Morgan fingerprint density at radius 3 is 2.67 bits per heavy atom. The van der Waals surface area contributed by atoms with E-state index in [1.165, 1.54) is 7.11 Å². The first-order valence-electron chi connectivity index (χ1n) is 7.02. The standard InChI is InChI=1S/C17H15BrClNO4/c1-23-15-7-6-12(19)8-11(15)9-17(22)24-10-16(21)20-14-5-3-2-4-13(14)18/h2-8H,9-10H2,1H3,(H,20,21). The fourth-order valence-corrected chi connectivity index (χ4v) is 2.57. The summed E-state index contributed by atoms with van der Waals surface area (Å²) in [5.41, 5.74) is 1.20. The van der Waals surface area contributed by atoms with Gasteiger partial charge in [0.15, 0.2) is 6.61 Å². The lowest BCUT2D eigenvalue weighted by Crippen LogP contribution is -2.21. The molecule has 24 heavy (non-hydrogen) atoms. The number of rotatable bonds is 6. The van der Waals surface area contributed by atoms with Gasteiger partial charge in [0.05, 0.1) is 19.2 Å². The lowest BCUT2D eigenvalue weighted by atomic mass is 10.1. The second-order valence-corrected chi connectivity index (χ2v) is 6.11. The predicted molar refractivity (Wildman–Crippen MR) is 95.4 cm³/mol. The largest absolute Gasteiger partial charge is 0.496 e. The minimum Gasteiger partial charge on any atom is -0.496 e. The Morgan fingerprint density at radius 2 is 1.96 bits per heavy atom. The molecule has 0 fully saturated rings. The van der Waals surface area contributed by atoms with Gasteiger partial charge >= 0.3 is 5.97 Å². The van der Waals surface area contributed by atoms with Gasteiger partial charge in [-0.25, -0.2) is 0 Å². The van der Waals surface area contributed by atoms with Crippen molar-refractivity contribution in [2.24, 2.45) is 0 Å². The molecular weight excluding hydrogens is 398 g/mol. The van der Waals surface area contributed by atoms with Crippen molar-refractivity contribution >= 4 is 45.1 Å². The second kappa shape index (κ2) is 8.70. The summed E-state index contributed by atoms with van der Waals surface area (Å²) >= 11 is 9.24. The molecule has 0 aliphatic rings. The highest BCUT2D eigenvalue weighted by atomic mass is 79.9. The van der Waals surface area contributed by atoms with Crippen LogP contribution in [-0.4, -0.2) is 25.6 Å². The van der Waals surface area contributed by atoms with E-state index in [1.807, 2.05) is 6.07 Å². The van der Waals surface area contributed by atoms with Crippen molar-refractivity contribution in [3.8, 4) is 5.75 Å². The van der Waals surface area contributed by atoms with Crippen molar-refractivity contribution in [2.45, 2.75) is 6.42 Å². The van der Waals surface area contributed by atoms with Gasteiger partial charge in [0.2, 0.25) is 0 Å². The van der Waals surface area contributed by atoms with Crippen molar-refractivity contribution in [3.63, 3.8) is 0 Å². The van der Waals surface area contributed by atoms with Gasteiger partial charge in [-0.1, -0.05) is 23.7 Å². The molecule has 126 valence electrons. The highest BCUT2D eigenvalue weighted by Gasteiger charge is 2.13. The van der Waals surface area contributed by atoms with Gasteiger partial charge in [-0.15, -0.1) is 0 Å². The molecule has 1 N–H and O–H groups in total. The third kappa shape index (κ3) is 5.25. The Labute approximate surface area is 153 Å². The maximum atomic E-state index is 11.9. The predicted octanol–water partition coefficient (Wildman–Crippen LogP) is 3.84. The summed E-state index contributed by atoms with van der Waals surface area (Å²) in [4.78, 5) is 23.7. The lowest BCUT2D eigenvalue weighted by molar-refractivity contribution is -0.146. The van der Waals surface area contributed by atoms with E-state index in [0.29, 0.717) is 22.0 Å². The topological polar surface area (TPSA) is 64.6 Å². The molecule has 2 aromatic rings. The zero-order chi connectivity index (χ0) is 17.5. The Kier molecular flexibility index (Phi) is 6.63. The van der Waals surface area contributed by atoms with Crippen LogP contribution in [0.1, 0.15) is 5.56 Å². The molecule has 0 radical (unpaired) electrons. The average Bonchev–Trinajstić information content (AvgIpc) is 2.55. The number of hydrogen-bond donors (Lipinski definition) is 1. The van der Waals surface area contributed by atoms with Crippen LogP contribution < -0.4 is 10.1 Å². The Hall–Kier alpha value is -2.05. The minimum atomic E-state index is -0.544. The van der Waals surface area contributed by atoms with Crippen LogP contribution in [-0.2, 0) is 20.7 Å². The Bertz CT molecular complexity index is 751. The molecule has 0 aromatic heterocycles. The first-order chi connectivity index (χ1) is 11.5. The van der Waals surface area contributed by atoms with Crippen LogP contribution in [0.15, 0.2) is 46.9 Å². The van der Waals surface area contributed by atoms with Crippen LogP contribution in [0.25, 0.3) is 0 Å². The average molecular weight is 413 g/mol. The number of hydrogen-bond acceptors (Lipinski definition) is 4. The highest BCUT2D eigenvalue weighted by molar-refractivity contribution is 9.10. The molecule has 2 aromatic carbocycles. The van der Waals surface area contributed by atoms with E-state index in [9.17, 15) is 9.59 Å². The summed E-state index contributed by atoms with van der Waals surface area (Å²) in [5, 5.41) is 3.14. The van der Waals surface area contributed by atoms with Gasteiger partial charge in [-0.3, -0.25) is 9.59 Å². The number of anilines is 1. The maximum Gasteiger partial charge on any atom is 0.310 e. The number of ether oxygens (including phenoxy) is 2. The molecule has 0 bridgehead atoms. The van der Waals surface area contributed by atoms with E-state index in [4.69, 9.17) is 21.1 Å².